The van der Waals surface area contributed by atoms with Crippen LogP contribution in [0, 0.1) is 5.82 Å². The third-order valence-electron chi connectivity index (χ3n) is 6.04. The molecule has 0 aliphatic carbocycles. The number of carboxylic acid groups (broad SMARTS) is 1. The second kappa shape index (κ2) is 11.5. The number of anilines is 2. The van der Waals surface area contributed by atoms with Gasteiger partial charge in [-0.25, -0.2) is 9.18 Å². The Morgan fingerprint density at radius 1 is 0.861 bits per heavy atom. The second-order valence-electron chi connectivity index (χ2n) is 8.49. The summed E-state index contributed by atoms with van der Waals surface area (Å²) in [5, 5.41) is 15.1. The summed E-state index contributed by atoms with van der Waals surface area (Å²) in [4.78, 5) is 40.7. The SMILES string of the molecule is O=C(CN1CCN(c2ccc(NC(=O)c3ccccc3F)c(C(=O)O)c2)CC1)NCc1ccccc1. The molecular weight excluding hydrogens is 463 g/mol. The zero-order chi connectivity index (χ0) is 25.5. The van der Waals surface area contributed by atoms with E-state index in [1.54, 1.807) is 6.07 Å². The van der Waals surface area contributed by atoms with Crippen molar-refractivity contribution in [3.05, 3.63) is 95.3 Å². The molecule has 8 nitrogen and oxygen atoms in total. The van der Waals surface area contributed by atoms with Crippen LogP contribution in [0.25, 0.3) is 0 Å². The predicted octanol–water partition coefficient (Wildman–Crippen LogP) is 3.21. The molecule has 3 aromatic rings. The second-order valence-corrected chi connectivity index (χ2v) is 8.49. The fourth-order valence-electron chi connectivity index (χ4n) is 4.07. The highest BCUT2D eigenvalue weighted by atomic mass is 19.1. The highest BCUT2D eigenvalue weighted by Gasteiger charge is 2.22. The molecule has 0 atom stereocenters. The molecule has 186 valence electrons. The number of carboxylic acids is 1. The van der Waals surface area contributed by atoms with Crippen LogP contribution in [0.5, 0.6) is 0 Å². The van der Waals surface area contributed by atoms with Gasteiger partial charge in [0.1, 0.15) is 5.82 Å². The number of nitrogens with one attached hydrogen (secondary N) is 2. The zero-order valence-electron chi connectivity index (χ0n) is 19.6. The van der Waals surface area contributed by atoms with Gasteiger partial charge < -0.3 is 20.6 Å². The molecule has 36 heavy (non-hydrogen) atoms. The fourth-order valence-corrected chi connectivity index (χ4v) is 4.07. The number of nitrogens with zero attached hydrogens (tertiary/aromatic N) is 2. The lowest BCUT2D eigenvalue weighted by atomic mass is 10.1. The van der Waals surface area contributed by atoms with E-state index in [2.05, 4.69) is 15.5 Å². The highest BCUT2D eigenvalue weighted by Crippen LogP contribution is 2.25. The largest absolute Gasteiger partial charge is 0.478 e. The van der Waals surface area contributed by atoms with Gasteiger partial charge in [-0.3, -0.25) is 14.5 Å². The first kappa shape index (κ1) is 24.9. The van der Waals surface area contributed by atoms with E-state index >= 15 is 0 Å². The summed E-state index contributed by atoms with van der Waals surface area (Å²) < 4.78 is 13.9. The smallest absolute Gasteiger partial charge is 0.337 e. The normalized spacial score (nSPS) is 13.8. The van der Waals surface area contributed by atoms with Crippen molar-refractivity contribution in [3.63, 3.8) is 0 Å². The van der Waals surface area contributed by atoms with E-state index in [0.29, 0.717) is 45.0 Å². The molecule has 0 radical (unpaired) electrons. The van der Waals surface area contributed by atoms with Crippen LogP contribution in [0.3, 0.4) is 0 Å². The number of carbonyl (C=O) groups is 3. The molecule has 1 fully saturated rings. The minimum Gasteiger partial charge on any atom is -0.478 e. The van der Waals surface area contributed by atoms with Crippen LogP contribution in [0.2, 0.25) is 0 Å². The number of carbonyl (C=O) groups excluding carboxylic acids is 2. The zero-order valence-corrected chi connectivity index (χ0v) is 19.6. The van der Waals surface area contributed by atoms with Gasteiger partial charge in [0.2, 0.25) is 5.91 Å². The molecular formula is C27H27FN4O4. The van der Waals surface area contributed by atoms with E-state index in [9.17, 15) is 23.9 Å². The Bertz CT molecular complexity index is 1240. The van der Waals surface area contributed by atoms with Gasteiger partial charge in [-0.1, -0.05) is 42.5 Å². The summed E-state index contributed by atoms with van der Waals surface area (Å²) >= 11 is 0. The molecule has 0 bridgehead atoms. The van der Waals surface area contributed by atoms with Crippen molar-refractivity contribution in [1.82, 2.24) is 10.2 Å². The lowest BCUT2D eigenvalue weighted by Crippen LogP contribution is -2.49. The van der Waals surface area contributed by atoms with Crippen LogP contribution in [0.15, 0.2) is 72.8 Å². The van der Waals surface area contributed by atoms with Crippen molar-refractivity contribution in [2.45, 2.75) is 6.54 Å². The van der Waals surface area contributed by atoms with Crippen LogP contribution in [-0.2, 0) is 11.3 Å². The van der Waals surface area contributed by atoms with E-state index in [-0.39, 0.29) is 22.7 Å². The molecule has 0 spiro atoms. The first-order chi connectivity index (χ1) is 17.4. The Labute approximate surface area is 208 Å². The van der Waals surface area contributed by atoms with Crippen molar-refractivity contribution >= 4 is 29.2 Å². The molecule has 0 aromatic heterocycles. The topological polar surface area (TPSA) is 102 Å². The molecule has 0 unspecified atom stereocenters. The number of aromatic carboxylic acids is 1. The maximum absolute atomic E-state index is 13.9. The van der Waals surface area contributed by atoms with Gasteiger partial charge in [-0.05, 0) is 35.9 Å². The number of rotatable bonds is 8. The molecule has 1 heterocycles. The van der Waals surface area contributed by atoms with Crippen LogP contribution in [0.1, 0.15) is 26.3 Å². The fraction of sp³-hybridized carbons (Fsp3) is 0.222. The average Bonchev–Trinajstić information content (AvgIpc) is 2.89. The maximum Gasteiger partial charge on any atom is 0.337 e. The summed E-state index contributed by atoms with van der Waals surface area (Å²) in [6.07, 6.45) is 0. The number of piperazine rings is 1. The summed E-state index contributed by atoms with van der Waals surface area (Å²) in [6, 6.07) is 20.0. The minimum absolute atomic E-state index is 0.0459. The van der Waals surface area contributed by atoms with Gasteiger partial charge in [0.05, 0.1) is 23.4 Å². The first-order valence-electron chi connectivity index (χ1n) is 11.6. The van der Waals surface area contributed by atoms with Crippen molar-refractivity contribution in [2.75, 3.05) is 42.9 Å². The number of halogens is 1. The van der Waals surface area contributed by atoms with Gasteiger partial charge in [0.25, 0.3) is 5.91 Å². The van der Waals surface area contributed by atoms with Gasteiger partial charge in [0, 0.05) is 38.4 Å². The van der Waals surface area contributed by atoms with E-state index < -0.39 is 17.7 Å². The molecule has 9 heteroatoms. The number of benzene rings is 3. The summed E-state index contributed by atoms with van der Waals surface area (Å²) in [5.74, 6) is -2.65. The van der Waals surface area contributed by atoms with Crippen molar-refractivity contribution in [1.29, 1.82) is 0 Å². The Morgan fingerprint density at radius 3 is 2.25 bits per heavy atom. The van der Waals surface area contributed by atoms with E-state index in [1.807, 2.05) is 35.2 Å². The van der Waals surface area contributed by atoms with Crippen LogP contribution < -0.4 is 15.5 Å². The van der Waals surface area contributed by atoms with Crippen molar-refractivity contribution in [3.8, 4) is 0 Å². The third-order valence-corrected chi connectivity index (χ3v) is 6.04. The lowest BCUT2D eigenvalue weighted by molar-refractivity contribution is -0.122. The molecule has 0 saturated carbocycles. The lowest BCUT2D eigenvalue weighted by Gasteiger charge is -2.36. The molecule has 1 aliphatic heterocycles. The van der Waals surface area contributed by atoms with Crippen LogP contribution in [-0.4, -0.2) is 60.5 Å². The van der Waals surface area contributed by atoms with Crippen LogP contribution >= 0.6 is 0 Å². The third kappa shape index (κ3) is 6.25. The Morgan fingerprint density at radius 2 is 1.56 bits per heavy atom. The highest BCUT2D eigenvalue weighted by molar-refractivity contribution is 6.08. The Kier molecular flexibility index (Phi) is 7.92. The molecule has 2 amide bonds. The first-order valence-corrected chi connectivity index (χ1v) is 11.6. The van der Waals surface area contributed by atoms with Crippen LogP contribution in [0.4, 0.5) is 15.8 Å². The van der Waals surface area contributed by atoms with E-state index in [0.717, 1.165) is 5.56 Å². The number of hydrogen-bond acceptors (Lipinski definition) is 5. The van der Waals surface area contributed by atoms with E-state index in [1.165, 1.54) is 36.4 Å². The predicted molar refractivity (Wildman–Crippen MR) is 135 cm³/mol. The standard InChI is InChI=1S/C27H27FN4O4/c28-23-9-5-4-8-21(23)26(34)30-24-11-10-20(16-22(24)27(35)36)32-14-12-31(13-15-32)18-25(33)29-17-19-6-2-1-3-7-19/h1-11,16H,12-15,17-18H2,(H,29,33)(H,30,34)(H,35,36). The molecule has 4 rings (SSSR count). The molecule has 3 aromatic carbocycles. The van der Waals surface area contributed by atoms with E-state index in [4.69, 9.17) is 0 Å². The van der Waals surface area contributed by atoms with Gasteiger partial charge in [-0.15, -0.1) is 0 Å². The summed E-state index contributed by atoms with van der Waals surface area (Å²) in [7, 11) is 0. The Hall–Kier alpha value is -4.24. The quantitative estimate of drug-likeness (QED) is 0.448. The van der Waals surface area contributed by atoms with Gasteiger partial charge in [-0.2, -0.15) is 0 Å². The minimum atomic E-state index is -1.20. The number of amides is 2. The Balaban J connectivity index is 1.34. The van der Waals surface area contributed by atoms with Gasteiger partial charge >= 0.3 is 5.97 Å². The average molecular weight is 491 g/mol. The van der Waals surface area contributed by atoms with Crippen molar-refractivity contribution < 1.29 is 23.9 Å². The van der Waals surface area contributed by atoms with Gasteiger partial charge in [0.15, 0.2) is 0 Å². The molecule has 1 aliphatic rings. The molecule has 3 N–H and O–H groups in total. The molecule has 1 saturated heterocycles. The maximum atomic E-state index is 13.9. The summed E-state index contributed by atoms with van der Waals surface area (Å²) in [5.41, 5.74) is 1.58. The van der Waals surface area contributed by atoms with Crippen molar-refractivity contribution in [2.24, 2.45) is 0 Å². The number of hydrogen-bond donors (Lipinski definition) is 3. The monoisotopic (exact) mass is 490 g/mol. The summed E-state index contributed by atoms with van der Waals surface area (Å²) in [6.45, 7) is 3.30.